The maximum atomic E-state index is 12.3. The molecule has 3 nitrogen and oxygen atoms in total. The van der Waals surface area contributed by atoms with E-state index in [1.165, 1.54) is 37.9 Å². The van der Waals surface area contributed by atoms with Gasteiger partial charge in [0.2, 0.25) is 5.91 Å². The Kier molecular flexibility index (Phi) is 5.65. The molecule has 1 fully saturated rings. The zero-order valence-electron chi connectivity index (χ0n) is 14.4. The molecule has 1 heterocycles. The molecule has 0 radical (unpaired) electrons. The Morgan fingerprint density at radius 2 is 1.83 bits per heavy atom. The highest BCUT2D eigenvalue weighted by molar-refractivity contribution is 5.92. The SMILES string of the molecule is Cc1ccccc1CC(=O)Nc1cccc(CN2CCCCC2)c1. The molecular weight excluding hydrogens is 296 g/mol. The van der Waals surface area contributed by atoms with Gasteiger partial charge in [-0.3, -0.25) is 9.69 Å². The molecule has 0 unspecified atom stereocenters. The van der Waals surface area contributed by atoms with Crippen molar-refractivity contribution in [2.24, 2.45) is 0 Å². The van der Waals surface area contributed by atoms with Gasteiger partial charge in [-0.05, 0) is 61.7 Å². The van der Waals surface area contributed by atoms with E-state index < -0.39 is 0 Å². The van der Waals surface area contributed by atoms with E-state index in [-0.39, 0.29) is 5.91 Å². The van der Waals surface area contributed by atoms with E-state index in [1.54, 1.807) is 0 Å². The summed E-state index contributed by atoms with van der Waals surface area (Å²) in [5, 5.41) is 3.04. The van der Waals surface area contributed by atoms with Crippen LogP contribution < -0.4 is 5.32 Å². The van der Waals surface area contributed by atoms with Crippen LogP contribution >= 0.6 is 0 Å². The van der Waals surface area contributed by atoms with Crippen LogP contribution in [0.5, 0.6) is 0 Å². The molecule has 0 atom stereocenters. The molecule has 3 rings (SSSR count). The summed E-state index contributed by atoms with van der Waals surface area (Å²) in [6.45, 7) is 5.39. The number of carbonyl (C=O) groups is 1. The van der Waals surface area contributed by atoms with Gasteiger partial charge in [-0.1, -0.05) is 42.8 Å². The second-order valence-electron chi connectivity index (χ2n) is 6.69. The Bertz CT molecular complexity index is 690. The molecule has 126 valence electrons. The first-order chi connectivity index (χ1) is 11.7. The minimum Gasteiger partial charge on any atom is -0.326 e. The molecule has 0 aromatic heterocycles. The number of rotatable bonds is 5. The monoisotopic (exact) mass is 322 g/mol. The van der Waals surface area contributed by atoms with Crippen LogP contribution in [0.25, 0.3) is 0 Å². The van der Waals surface area contributed by atoms with E-state index in [1.807, 2.05) is 43.3 Å². The van der Waals surface area contributed by atoms with Crippen LogP contribution in [-0.4, -0.2) is 23.9 Å². The average Bonchev–Trinajstić information content (AvgIpc) is 2.58. The van der Waals surface area contributed by atoms with Crippen LogP contribution in [0.4, 0.5) is 5.69 Å². The van der Waals surface area contributed by atoms with Crippen LogP contribution in [0, 0.1) is 6.92 Å². The fourth-order valence-corrected chi connectivity index (χ4v) is 3.31. The molecule has 1 amide bonds. The molecule has 0 spiro atoms. The normalized spacial score (nSPS) is 15.2. The third-order valence-corrected chi connectivity index (χ3v) is 4.68. The molecule has 0 saturated carbocycles. The second kappa shape index (κ2) is 8.11. The van der Waals surface area contributed by atoms with Gasteiger partial charge in [0.05, 0.1) is 6.42 Å². The lowest BCUT2D eigenvalue weighted by Gasteiger charge is -2.26. The minimum absolute atomic E-state index is 0.0411. The molecule has 1 aliphatic rings. The molecule has 3 heteroatoms. The molecular formula is C21H26N2O. The van der Waals surface area contributed by atoms with Gasteiger partial charge in [0.25, 0.3) is 0 Å². The van der Waals surface area contributed by atoms with Crippen LogP contribution in [-0.2, 0) is 17.8 Å². The number of amides is 1. The predicted octanol–water partition coefficient (Wildman–Crippen LogP) is 4.16. The number of nitrogens with one attached hydrogen (secondary N) is 1. The summed E-state index contributed by atoms with van der Waals surface area (Å²) >= 11 is 0. The first-order valence-corrected chi connectivity index (χ1v) is 8.86. The third kappa shape index (κ3) is 4.68. The van der Waals surface area contributed by atoms with Gasteiger partial charge < -0.3 is 5.32 Å². The van der Waals surface area contributed by atoms with Gasteiger partial charge in [0.1, 0.15) is 0 Å². The number of likely N-dealkylation sites (tertiary alicyclic amines) is 1. The van der Waals surface area contributed by atoms with Crippen LogP contribution in [0.15, 0.2) is 48.5 Å². The Balaban J connectivity index is 1.59. The molecule has 1 N–H and O–H groups in total. The van der Waals surface area contributed by atoms with Gasteiger partial charge in [-0.2, -0.15) is 0 Å². The van der Waals surface area contributed by atoms with E-state index in [0.29, 0.717) is 6.42 Å². The quantitative estimate of drug-likeness (QED) is 0.896. The van der Waals surface area contributed by atoms with Crippen molar-refractivity contribution in [3.05, 3.63) is 65.2 Å². The predicted molar refractivity (Wildman–Crippen MR) is 99.1 cm³/mol. The second-order valence-corrected chi connectivity index (χ2v) is 6.69. The van der Waals surface area contributed by atoms with Crippen LogP contribution in [0.3, 0.4) is 0 Å². The summed E-state index contributed by atoms with van der Waals surface area (Å²) in [5.74, 6) is 0.0411. The number of hydrogen-bond acceptors (Lipinski definition) is 2. The highest BCUT2D eigenvalue weighted by Crippen LogP contribution is 2.17. The molecule has 0 aliphatic carbocycles. The Labute approximate surface area is 144 Å². The summed E-state index contributed by atoms with van der Waals surface area (Å²) in [5.41, 5.74) is 4.40. The maximum absolute atomic E-state index is 12.3. The van der Waals surface area contributed by atoms with Crippen molar-refractivity contribution in [2.45, 2.75) is 39.2 Å². The van der Waals surface area contributed by atoms with Gasteiger partial charge in [-0.15, -0.1) is 0 Å². The van der Waals surface area contributed by atoms with Crippen molar-refractivity contribution in [3.63, 3.8) is 0 Å². The maximum Gasteiger partial charge on any atom is 0.228 e. The standard InChI is InChI=1S/C21H26N2O/c1-17-8-3-4-10-19(17)15-21(24)22-20-11-7-9-18(14-20)16-23-12-5-2-6-13-23/h3-4,7-11,14H,2,5-6,12-13,15-16H2,1H3,(H,22,24). The number of anilines is 1. The summed E-state index contributed by atoms with van der Waals surface area (Å²) in [6.07, 6.45) is 4.37. The topological polar surface area (TPSA) is 32.3 Å². The number of benzene rings is 2. The summed E-state index contributed by atoms with van der Waals surface area (Å²) in [4.78, 5) is 14.8. The lowest BCUT2D eigenvalue weighted by molar-refractivity contribution is -0.115. The van der Waals surface area contributed by atoms with Gasteiger partial charge in [-0.25, -0.2) is 0 Å². The molecule has 24 heavy (non-hydrogen) atoms. The van der Waals surface area contributed by atoms with E-state index in [0.717, 1.165) is 23.4 Å². The van der Waals surface area contributed by atoms with E-state index in [9.17, 15) is 4.79 Å². The zero-order chi connectivity index (χ0) is 16.8. The Morgan fingerprint density at radius 1 is 1.04 bits per heavy atom. The van der Waals surface area contributed by atoms with Crippen molar-refractivity contribution in [3.8, 4) is 0 Å². The molecule has 1 aliphatic heterocycles. The first kappa shape index (κ1) is 16.7. The van der Waals surface area contributed by atoms with Gasteiger partial charge in [0.15, 0.2) is 0 Å². The highest BCUT2D eigenvalue weighted by atomic mass is 16.1. The molecule has 1 saturated heterocycles. The van der Waals surface area contributed by atoms with Crippen molar-refractivity contribution in [1.82, 2.24) is 4.90 Å². The molecule has 0 bridgehead atoms. The fourth-order valence-electron chi connectivity index (χ4n) is 3.31. The number of carbonyl (C=O) groups excluding carboxylic acids is 1. The fraction of sp³-hybridized carbons (Fsp3) is 0.381. The first-order valence-electron chi connectivity index (χ1n) is 8.86. The Morgan fingerprint density at radius 3 is 2.62 bits per heavy atom. The highest BCUT2D eigenvalue weighted by Gasteiger charge is 2.11. The van der Waals surface area contributed by atoms with E-state index >= 15 is 0 Å². The van der Waals surface area contributed by atoms with Crippen LogP contribution in [0.2, 0.25) is 0 Å². The number of piperidine rings is 1. The summed E-state index contributed by atoms with van der Waals surface area (Å²) < 4.78 is 0. The summed E-state index contributed by atoms with van der Waals surface area (Å²) in [7, 11) is 0. The smallest absolute Gasteiger partial charge is 0.228 e. The minimum atomic E-state index is 0.0411. The third-order valence-electron chi connectivity index (χ3n) is 4.68. The molecule has 2 aromatic carbocycles. The number of nitrogens with zero attached hydrogens (tertiary/aromatic N) is 1. The van der Waals surface area contributed by atoms with E-state index in [2.05, 4.69) is 22.3 Å². The zero-order valence-corrected chi connectivity index (χ0v) is 14.4. The van der Waals surface area contributed by atoms with Gasteiger partial charge in [0, 0.05) is 12.2 Å². The van der Waals surface area contributed by atoms with Crippen molar-refractivity contribution >= 4 is 11.6 Å². The van der Waals surface area contributed by atoms with Crippen molar-refractivity contribution in [2.75, 3.05) is 18.4 Å². The number of aryl methyl sites for hydroxylation is 1. The van der Waals surface area contributed by atoms with E-state index in [4.69, 9.17) is 0 Å². The number of hydrogen-bond donors (Lipinski definition) is 1. The lowest BCUT2D eigenvalue weighted by Crippen LogP contribution is -2.29. The van der Waals surface area contributed by atoms with Crippen LogP contribution in [0.1, 0.15) is 36.0 Å². The molecule has 2 aromatic rings. The Hall–Kier alpha value is -2.13. The average molecular weight is 322 g/mol. The van der Waals surface area contributed by atoms with Crippen molar-refractivity contribution in [1.29, 1.82) is 0 Å². The van der Waals surface area contributed by atoms with Gasteiger partial charge >= 0.3 is 0 Å². The van der Waals surface area contributed by atoms with Crippen molar-refractivity contribution < 1.29 is 4.79 Å². The summed E-state index contributed by atoms with van der Waals surface area (Å²) in [6, 6.07) is 16.3. The lowest BCUT2D eigenvalue weighted by atomic mass is 10.1. The largest absolute Gasteiger partial charge is 0.326 e.